The van der Waals surface area contributed by atoms with Crippen molar-refractivity contribution in [2.24, 2.45) is 5.73 Å². The van der Waals surface area contributed by atoms with E-state index in [0.29, 0.717) is 5.02 Å². The van der Waals surface area contributed by atoms with E-state index in [1.54, 1.807) is 6.07 Å². The average molecular weight is 293 g/mol. The van der Waals surface area contributed by atoms with Crippen LogP contribution in [0, 0.1) is 5.82 Å². The highest BCUT2D eigenvalue weighted by Crippen LogP contribution is 2.34. The number of nitrogens with zero attached hydrogens (tertiary/aromatic N) is 1. The first-order chi connectivity index (χ1) is 9.49. The standard InChI is InChI=1S/C16H18ClFN2/c1-11(19)9-12-5-3-8-15(17)16(12)20(2)14-7-4-6-13(18)10-14/h3-8,10-11H,9,19H2,1-2H3. The van der Waals surface area contributed by atoms with Crippen LogP contribution in [0.2, 0.25) is 5.02 Å². The van der Waals surface area contributed by atoms with Gasteiger partial charge in [-0.15, -0.1) is 0 Å². The molecule has 0 aliphatic carbocycles. The van der Waals surface area contributed by atoms with Crippen molar-refractivity contribution in [1.82, 2.24) is 0 Å². The lowest BCUT2D eigenvalue weighted by molar-refractivity contribution is 0.628. The maximum atomic E-state index is 13.4. The number of nitrogens with two attached hydrogens (primary N) is 1. The molecule has 1 unspecified atom stereocenters. The third-order valence-corrected chi connectivity index (χ3v) is 3.45. The van der Waals surface area contributed by atoms with Gasteiger partial charge in [-0.2, -0.15) is 0 Å². The quantitative estimate of drug-likeness (QED) is 0.918. The zero-order chi connectivity index (χ0) is 14.7. The lowest BCUT2D eigenvalue weighted by atomic mass is 10.0. The van der Waals surface area contributed by atoms with Crippen molar-refractivity contribution in [3.63, 3.8) is 0 Å². The van der Waals surface area contributed by atoms with Gasteiger partial charge in [0.25, 0.3) is 0 Å². The second-order valence-corrected chi connectivity index (χ2v) is 5.38. The molecule has 0 aliphatic rings. The van der Waals surface area contributed by atoms with Crippen molar-refractivity contribution < 1.29 is 4.39 Å². The van der Waals surface area contributed by atoms with E-state index >= 15 is 0 Å². The van der Waals surface area contributed by atoms with Crippen LogP contribution in [0.5, 0.6) is 0 Å². The predicted octanol–water partition coefficient (Wildman–Crippen LogP) is 4.14. The van der Waals surface area contributed by atoms with E-state index in [4.69, 9.17) is 17.3 Å². The van der Waals surface area contributed by atoms with Crippen LogP contribution >= 0.6 is 11.6 Å². The van der Waals surface area contributed by atoms with Gasteiger partial charge in [-0.25, -0.2) is 4.39 Å². The van der Waals surface area contributed by atoms with Gasteiger partial charge in [0.15, 0.2) is 0 Å². The normalized spacial score (nSPS) is 12.2. The Labute approximate surface area is 124 Å². The minimum atomic E-state index is -0.268. The Morgan fingerprint density at radius 1 is 1.25 bits per heavy atom. The second kappa shape index (κ2) is 6.25. The molecule has 2 nitrogen and oxygen atoms in total. The predicted molar refractivity (Wildman–Crippen MR) is 83.3 cm³/mol. The molecule has 0 amide bonds. The summed E-state index contributed by atoms with van der Waals surface area (Å²) in [5, 5.41) is 0.634. The van der Waals surface area contributed by atoms with E-state index in [1.165, 1.54) is 12.1 Å². The summed E-state index contributed by atoms with van der Waals surface area (Å²) in [5.74, 6) is -0.268. The summed E-state index contributed by atoms with van der Waals surface area (Å²) >= 11 is 6.32. The number of rotatable bonds is 4. The van der Waals surface area contributed by atoms with Gasteiger partial charge in [-0.1, -0.05) is 29.8 Å². The van der Waals surface area contributed by atoms with Crippen LogP contribution in [-0.4, -0.2) is 13.1 Å². The number of halogens is 2. The zero-order valence-electron chi connectivity index (χ0n) is 11.6. The van der Waals surface area contributed by atoms with Gasteiger partial charge in [0, 0.05) is 18.8 Å². The Hall–Kier alpha value is -1.58. The van der Waals surface area contributed by atoms with Crippen LogP contribution in [0.25, 0.3) is 0 Å². The van der Waals surface area contributed by atoms with Crippen molar-refractivity contribution in [2.45, 2.75) is 19.4 Å². The lowest BCUT2D eigenvalue weighted by Crippen LogP contribution is -2.20. The summed E-state index contributed by atoms with van der Waals surface area (Å²) in [6, 6.07) is 12.2. The van der Waals surface area contributed by atoms with Crippen molar-refractivity contribution in [3.8, 4) is 0 Å². The Morgan fingerprint density at radius 2 is 1.95 bits per heavy atom. The fourth-order valence-corrected chi connectivity index (χ4v) is 2.58. The molecule has 20 heavy (non-hydrogen) atoms. The lowest BCUT2D eigenvalue weighted by Gasteiger charge is -2.24. The topological polar surface area (TPSA) is 29.3 Å². The van der Waals surface area contributed by atoms with Gasteiger partial charge in [0.2, 0.25) is 0 Å². The SMILES string of the molecule is CC(N)Cc1cccc(Cl)c1N(C)c1cccc(F)c1. The van der Waals surface area contributed by atoms with E-state index in [1.807, 2.05) is 43.1 Å². The minimum Gasteiger partial charge on any atom is -0.343 e. The molecule has 4 heteroatoms. The molecule has 0 aliphatic heterocycles. The van der Waals surface area contributed by atoms with Gasteiger partial charge >= 0.3 is 0 Å². The van der Waals surface area contributed by atoms with Gasteiger partial charge in [-0.3, -0.25) is 0 Å². The number of hydrogen-bond acceptors (Lipinski definition) is 2. The smallest absolute Gasteiger partial charge is 0.125 e. The van der Waals surface area contributed by atoms with E-state index in [0.717, 1.165) is 23.4 Å². The van der Waals surface area contributed by atoms with Crippen LogP contribution in [0.15, 0.2) is 42.5 Å². The molecule has 0 heterocycles. The van der Waals surface area contributed by atoms with Crippen molar-refractivity contribution >= 4 is 23.0 Å². The summed E-state index contributed by atoms with van der Waals surface area (Å²) in [6.45, 7) is 1.95. The van der Waals surface area contributed by atoms with Crippen molar-refractivity contribution in [3.05, 3.63) is 58.9 Å². The first kappa shape index (κ1) is 14.8. The molecule has 0 saturated carbocycles. The molecular weight excluding hydrogens is 275 g/mol. The molecule has 2 N–H and O–H groups in total. The summed E-state index contributed by atoms with van der Waals surface area (Å²) in [7, 11) is 1.88. The molecule has 0 spiro atoms. The zero-order valence-corrected chi connectivity index (χ0v) is 12.4. The van der Waals surface area contributed by atoms with Crippen LogP contribution in [0.1, 0.15) is 12.5 Å². The van der Waals surface area contributed by atoms with E-state index in [-0.39, 0.29) is 11.9 Å². The molecule has 0 saturated heterocycles. The van der Waals surface area contributed by atoms with Crippen LogP contribution in [0.3, 0.4) is 0 Å². The van der Waals surface area contributed by atoms with Crippen LogP contribution in [0.4, 0.5) is 15.8 Å². The fourth-order valence-electron chi connectivity index (χ4n) is 2.26. The number of para-hydroxylation sites is 1. The molecule has 2 aromatic rings. The molecule has 1 atom stereocenters. The molecule has 0 fully saturated rings. The van der Waals surface area contributed by atoms with Crippen LogP contribution in [-0.2, 0) is 6.42 Å². The summed E-state index contributed by atoms with van der Waals surface area (Å²) in [4.78, 5) is 1.89. The van der Waals surface area contributed by atoms with Gasteiger partial charge in [-0.05, 0) is 43.2 Å². The molecule has 0 aromatic heterocycles. The second-order valence-electron chi connectivity index (χ2n) is 4.97. The van der Waals surface area contributed by atoms with E-state index < -0.39 is 0 Å². The summed E-state index contributed by atoms with van der Waals surface area (Å²) in [6.07, 6.45) is 0.718. The highest BCUT2D eigenvalue weighted by Gasteiger charge is 2.14. The van der Waals surface area contributed by atoms with E-state index in [9.17, 15) is 4.39 Å². The third kappa shape index (κ3) is 3.30. The Bertz CT molecular complexity index is 599. The molecule has 106 valence electrons. The van der Waals surface area contributed by atoms with Crippen molar-refractivity contribution in [2.75, 3.05) is 11.9 Å². The van der Waals surface area contributed by atoms with Crippen LogP contribution < -0.4 is 10.6 Å². The minimum absolute atomic E-state index is 0.0353. The largest absolute Gasteiger partial charge is 0.343 e. The Kier molecular flexibility index (Phi) is 4.63. The monoisotopic (exact) mass is 292 g/mol. The molecular formula is C16H18ClFN2. The Balaban J connectivity index is 2.45. The first-order valence-electron chi connectivity index (χ1n) is 6.51. The summed E-state index contributed by atoms with van der Waals surface area (Å²) in [5.41, 5.74) is 8.57. The number of benzene rings is 2. The van der Waals surface area contributed by atoms with Crippen molar-refractivity contribution in [1.29, 1.82) is 0 Å². The van der Waals surface area contributed by atoms with Gasteiger partial charge < -0.3 is 10.6 Å². The number of anilines is 2. The first-order valence-corrected chi connectivity index (χ1v) is 6.89. The molecule has 2 rings (SSSR count). The summed E-state index contributed by atoms with van der Waals surface area (Å²) < 4.78 is 13.4. The number of hydrogen-bond donors (Lipinski definition) is 1. The highest BCUT2D eigenvalue weighted by atomic mass is 35.5. The fraction of sp³-hybridized carbons (Fsp3) is 0.250. The third-order valence-electron chi connectivity index (χ3n) is 3.14. The average Bonchev–Trinajstić information content (AvgIpc) is 2.37. The van der Waals surface area contributed by atoms with E-state index in [2.05, 4.69) is 0 Å². The maximum Gasteiger partial charge on any atom is 0.125 e. The maximum absolute atomic E-state index is 13.4. The molecule has 2 aromatic carbocycles. The van der Waals surface area contributed by atoms with Gasteiger partial charge in [0.05, 0.1) is 10.7 Å². The van der Waals surface area contributed by atoms with Gasteiger partial charge in [0.1, 0.15) is 5.82 Å². The Morgan fingerprint density at radius 3 is 2.60 bits per heavy atom. The molecule has 0 radical (unpaired) electrons. The molecule has 0 bridgehead atoms. The highest BCUT2D eigenvalue weighted by molar-refractivity contribution is 6.33.